The molecule has 0 atom stereocenters. The molecule has 0 spiro atoms. The summed E-state index contributed by atoms with van der Waals surface area (Å²) in [5, 5.41) is 9.23. The van der Waals surface area contributed by atoms with Gasteiger partial charge in [-0.2, -0.15) is 0 Å². The van der Waals surface area contributed by atoms with Gasteiger partial charge in [-0.3, -0.25) is 0 Å². The van der Waals surface area contributed by atoms with Crippen molar-refractivity contribution in [2.45, 2.75) is 20.3 Å². The lowest BCUT2D eigenvalue weighted by Gasteiger charge is -2.10. The van der Waals surface area contributed by atoms with Crippen molar-refractivity contribution in [1.29, 1.82) is 0 Å². The van der Waals surface area contributed by atoms with Gasteiger partial charge in [-0.1, -0.05) is 11.6 Å². The lowest BCUT2D eigenvalue weighted by Crippen LogP contribution is -2.02. The maximum Gasteiger partial charge on any atom is 0.336 e. The van der Waals surface area contributed by atoms with Crippen LogP contribution in [0.25, 0.3) is 5.57 Å². The molecule has 0 radical (unpaired) electrons. The number of aliphatic carboxylic acids is 1. The lowest BCUT2D eigenvalue weighted by molar-refractivity contribution is -0.130. The van der Waals surface area contributed by atoms with Crippen molar-refractivity contribution in [2.24, 2.45) is 0 Å². The van der Waals surface area contributed by atoms with Gasteiger partial charge in [-0.15, -0.1) is 0 Å². The number of allylic oxidation sites excluding steroid dienone is 1. The summed E-state index contributed by atoms with van der Waals surface area (Å²) in [5.41, 5.74) is 1.72. The summed E-state index contributed by atoms with van der Waals surface area (Å²) >= 11 is 0. The van der Waals surface area contributed by atoms with E-state index in [1.165, 1.54) is 0 Å². The van der Waals surface area contributed by atoms with Gasteiger partial charge >= 0.3 is 5.97 Å². The van der Waals surface area contributed by atoms with Crippen LogP contribution in [0.15, 0.2) is 23.8 Å². The number of hydrogen-bond donors (Lipinski definition) is 1. The molecular weight excluding hydrogens is 232 g/mol. The molecule has 1 aromatic rings. The Hall–Kier alpha value is -1.97. The summed E-state index contributed by atoms with van der Waals surface area (Å²) < 4.78 is 11.1. The van der Waals surface area contributed by atoms with Crippen LogP contribution in [0.5, 0.6) is 11.5 Å². The monoisotopic (exact) mass is 248 g/mol. The van der Waals surface area contributed by atoms with Crippen molar-refractivity contribution in [2.75, 3.05) is 13.2 Å². The molecule has 0 bridgehead atoms. The first-order valence-electron chi connectivity index (χ1n) is 5.90. The van der Waals surface area contributed by atoms with E-state index in [9.17, 15) is 9.90 Å². The van der Waals surface area contributed by atoms with E-state index >= 15 is 0 Å². The van der Waals surface area contributed by atoms with Gasteiger partial charge in [0, 0.05) is 6.42 Å². The van der Waals surface area contributed by atoms with E-state index in [0.717, 1.165) is 12.0 Å². The molecule has 96 valence electrons. The molecule has 0 aliphatic carbocycles. The van der Waals surface area contributed by atoms with E-state index in [1.807, 2.05) is 0 Å². The van der Waals surface area contributed by atoms with E-state index in [-0.39, 0.29) is 0 Å². The predicted molar refractivity (Wildman–Crippen MR) is 68.0 cm³/mol. The van der Waals surface area contributed by atoms with Crippen molar-refractivity contribution in [1.82, 2.24) is 0 Å². The van der Waals surface area contributed by atoms with Crippen molar-refractivity contribution in [3.63, 3.8) is 0 Å². The minimum Gasteiger partial charge on any atom is -0.490 e. The topological polar surface area (TPSA) is 55.8 Å². The average molecular weight is 248 g/mol. The second-order valence-corrected chi connectivity index (χ2v) is 4.39. The first kappa shape index (κ1) is 12.5. The number of carboxylic acids is 1. The van der Waals surface area contributed by atoms with Gasteiger partial charge < -0.3 is 14.6 Å². The van der Waals surface area contributed by atoms with Crippen LogP contribution in [0.2, 0.25) is 0 Å². The lowest BCUT2D eigenvalue weighted by atomic mass is 10.0. The fourth-order valence-corrected chi connectivity index (χ4v) is 1.94. The average Bonchev–Trinajstić information content (AvgIpc) is 2.52. The Kier molecular flexibility index (Phi) is 3.55. The minimum absolute atomic E-state index is 0.311. The van der Waals surface area contributed by atoms with Crippen LogP contribution in [-0.4, -0.2) is 24.3 Å². The second-order valence-electron chi connectivity index (χ2n) is 4.39. The normalized spacial score (nSPS) is 13.7. The summed E-state index contributed by atoms with van der Waals surface area (Å²) in [4.78, 5) is 11.2. The number of carbonyl (C=O) groups is 1. The molecule has 1 N–H and O–H groups in total. The summed E-state index contributed by atoms with van der Waals surface area (Å²) in [7, 11) is 0. The molecule has 4 nitrogen and oxygen atoms in total. The van der Waals surface area contributed by atoms with E-state index in [0.29, 0.717) is 35.8 Å². The zero-order valence-electron chi connectivity index (χ0n) is 10.5. The van der Waals surface area contributed by atoms with Gasteiger partial charge in [0.25, 0.3) is 0 Å². The predicted octanol–water partition coefficient (Wildman–Crippen LogP) is 2.73. The molecule has 1 heterocycles. The molecule has 2 rings (SSSR count). The Bertz CT molecular complexity index is 499. The third-order valence-corrected chi connectivity index (χ3v) is 2.75. The maximum atomic E-state index is 11.2. The molecular formula is C14H16O4. The zero-order chi connectivity index (χ0) is 13.1. The second kappa shape index (κ2) is 5.12. The molecule has 0 saturated carbocycles. The standard InChI is InChI=1S/C14H16O4/c1-9(2)13(14(15)16)10-4-5-11-12(8-10)18-7-3-6-17-11/h4-5,8H,3,6-7H2,1-2H3,(H,15,16). The Balaban J connectivity index is 2.45. The Morgan fingerprint density at radius 3 is 2.44 bits per heavy atom. The van der Waals surface area contributed by atoms with E-state index in [4.69, 9.17) is 9.47 Å². The van der Waals surface area contributed by atoms with E-state index in [1.54, 1.807) is 32.0 Å². The summed E-state index contributed by atoms with van der Waals surface area (Å²) in [6.07, 6.45) is 0.832. The molecule has 4 heteroatoms. The highest BCUT2D eigenvalue weighted by atomic mass is 16.5. The number of ether oxygens (including phenoxy) is 2. The van der Waals surface area contributed by atoms with Gasteiger partial charge in [0.15, 0.2) is 11.5 Å². The molecule has 0 aromatic heterocycles. The first-order chi connectivity index (χ1) is 8.59. The largest absolute Gasteiger partial charge is 0.490 e. The molecule has 18 heavy (non-hydrogen) atoms. The fourth-order valence-electron chi connectivity index (χ4n) is 1.94. The number of fused-ring (bicyclic) bond motifs is 1. The minimum atomic E-state index is -0.926. The van der Waals surface area contributed by atoms with Gasteiger partial charge in [0.05, 0.1) is 18.8 Å². The molecule has 0 unspecified atom stereocenters. The molecule has 0 saturated heterocycles. The molecule has 0 fully saturated rings. The summed E-state index contributed by atoms with van der Waals surface area (Å²) in [5.74, 6) is 0.365. The molecule has 1 aromatic carbocycles. The number of carboxylic acid groups (broad SMARTS) is 1. The van der Waals surface area contributed by atoms with Crippen molar-refractivity contribution in [3.05, 3.63) is 29.3 Å². The molecule has 1 aliphatic heterocycles. The van der Waals surface area contributed by atoms with Crippen LogP contribution in [0.1, 0.15) is 25.8 Å². The van der Waals surface area contributed by atoms with Gasteiger partial charge in [0.1, 0.15) is 0 Å². The highest BCUT2D eigenvalue weighted by Gasteiger charge is 2.16. The zero-order valence-corrected chi connectivity index (χ0v) is 10.5. The summed E-state index contributed by atoms with van der Waals surface area (Å²) in [6, 6.07) is 5.25. The number of rotatable bonds is 2. The van der Waals surface area contributed by atoms with Crippen LogP contribution < -0.4 is 9.47 Å². The highest BCUT2D eigenvalue weighted by Crippen LogP contribution is 2.33. The van der Waals surface area contributed by atoms with Crippen LogP contribution >= 0.6 is 0 Å². The Morgan fingerprint density at radius 1 is 1.17 bits per heavy atom. The number of hydrogen-bond acceptors (Lipinski definition) is 3. The number of benzene rings is 1. The van der Waals surface area contributed by atoms with E-state index < -0.39 is 5.97 Å². The Labute approximate surface area is 106 Å². The quantitative estimate of drug-likeness (QED) is 0.817. The SMILES string of the molecule is CC(C)=C(C(=O)O)c1ccc2c(c1)OCCCO2. The highest BCUT2D eigenvalue weighted by molar-refractivity contribution is 6.16. The van der Waals surface area contributed by atoms with Crippen LogP contribution in [-0.2, 0) is 4.79 Å². The van der Waals surface area contributed by atoms with Crippen LogP contribution in [0, 0.1) is 0 Å². The third kappa shape index (κ3) is 2.47. The Morgan fingerprint density at radius 2 is 1.83 bits per heavy atom. The molecule has 1 aliphatic rings. The smallest absolute Gasteiger partial charge is 0.336 e. The van der Waals surface area contributed by atoms with Gasteiger partial charge in [-0.05, 0) is 31.5 Å². The van der Waals surface area contributed by atoms with Crippen LogP contribution in [0.3, 0.4) is 0 Å². The van der Waals surface area contributed by atoms with Crippen molar-refractivity contribution >= 4 is 11.5 Å². The summed E-state index contributed by atoms with van der Waals surface area (Å²) in [6.45, 7) is 4.79. The van der Waals surface area contributed by atoms with E-state index in [2.05, 4.69) is 0 Å². The third-order valence-electron chi connectivity index (χ3n) is 2.75. The van der Waals surface area contributed by atoms with Crippen molar-refractivity contribution in [3.8, 4) is 11.5 Å². The van der Waals surface area contributed by atoms with Crippen LogP contribution in [0.4, 0.5) is 0 Å². The molecule has 0 amide bonds. The first-order valence-corrected chi connectivity index (χ1v) is 5.90. The van der Waals surface area contributed by atoms with Gasteiger partial charge in [0.2, 0.25) is 0 Å². The maximum absolute atomic E-state index is 11.2. The van der Waals surface area contributed by atoms with Crippen molar-refractivity contribution < 1.29 is 19.4 Å². The fraction of sp³-hybridized carbons (Fsp3) is 0.357. The van der Waals surface area contributed by atoms with Gasteiger partial charge in [-0.25, -0.2) is 4.79 Å².